The molecular formula is C24H31FN4S. The Balaban J connectivity index is 1.35. The number of nitrogens with zero attached hydrogens (tertiary/aromatic N) is 2. The van der Waals surface area contributed by atoms with Crippen LogP contribution in [0.5, 0.6) is 0 Å². The second-order valence-corrected chi connectivity index (χ2v) is 9.15. The molecule has 2 N–H and O–H groups in total. The summed E-state index contributed by atoms with van der Waals surface area (Å²) in [5, 5.41) is 7.27. The van der Waals surface area contributed by atoms with E-state index in [0.29, 0.717) is 11.2 Å². The van der Waals surface area contributed by atoms with Crippen molar-refractivity contribution in [3.05, 3.63) is 54.0 Å². The highest BCUT2D eigenvalue weighted by atomic mass is 32.1. The van der Waals surface area contributed by atoms with Crippen molar-refractivity contribution in [3.8, 4) is 0 Å². The molecule has 1 aromatic carbocycles. The molecule has 0 amide bonds. The van der Waals surface area contributed by atoms with E-state index in [1.165, 1.54) is 37.7 Å². The summed E-state index contributed by atoms with van der Waals surface area (Å²) in [6, 6.07) is 11.6. The molecule has 30 heavy (non-hydrogen) atoms. The lowest BCUT2D eigenvalue weighted by molar-refractivity contribution is 0.434. The van der Waals surface area contributed by atoms with Crippen LogP contribution in [0, 0.1) is 5.82 Å². The van der Waals surface area contributed by atoms with E-state index in [1.54, 1.807) is 12.1 Å². The van der Waals surface area contributed by atoms with E-state index in [-0.39, 0.29) is 11.2 Å². The van der Waals surface area contributed by atoms with E-state index in [2.05, 4.69) is 33.5 Å². The summed E-state index contributed by atoms with van der Waals surface area (Å²) in [5.41, 5.74) is 2.10. The minimum atomic E-state index is -0.188. The maximum atomic E-state index is 13.4. The number of thiocarbonyl (C=S) groups is 1. The third kappa shape index (κ3) is 4.75. The molecule has 2 aromatic rings. The molecule has 2 heterocycles. The summed E-state index contributed by atoms with van der Waals surface area (Å²) in [6.45, 7) is 4.10. The first kappa shape index (κ1) is 21.0. The number of benzene rings is 1. The van der Waals surface area contributed by atoms with Crippen LogP contribution in [0.2, 0.25) is 0 Å². The Morgan fingerprint density at radius 1 is 1.13 bits per heavy atom. The Morgan fingerprint density at radius 3 is 2.57 bits per heavy atom. The summed E-state index contributed by atoms with van der Waals surface area (Å²) in [5.74, 6) is 0.847. The molecule has 160 valence electrons. The number of pyridine rings is 1. The van der Waals surface area contributed by atoms with E-state index in [4.69, 9.17) is 12.2 Å². The molecule has 1 aromatic heterocycles. The molecule has 2 fully saturated rings. The van der Waals surface area contributed by atoms with Crippen LogP contribution in [0.3, 0.4) is 0 Å². The predicted octanol–water partition coefficient (Wildman–Crippen LogP) is 5.40. The van der Waals surface area contributed by atoms with Crippen molar-refractivity contribution in [3.63, 3.8) is 0 Å². The van der Waals surface area contributed by atoms with Gasteiger partial charge in [-0.25, -0.2) is 9.37 Å². The zero-order valence-electron chi connectivity index (χ0n) is 17.7. The lowest BCUT2D eigenvalue weighted by Crippen LogP contribution is -2.40. The first-order valence-electron chi connectivity index (χ1n) is 11.1. The second-order valence-electron chi connectivity index (χ2n) is 8.75. The van der Waals surface area contributed by atoms with Crippen molar-refractivity contribution in [2.75, 3.05) is 23.3 Å². The maximum Gasteiger partial charge on any atom is 0.170 e. The number of hydrogen-bond donors (Lipinski definition) is 2. The summed E-state index contributed by atoms with van der Waals surface area (Å²) >= 11 is 5.55. The Hall–Kier alpha value is -2.21. The lowest BCUT2D eigenvalue weighted by Gasteiger charge is -2.34. The van der Waals surface area contributed by atoms with Gasteiger partial charge in [0.15, 0.2) is 5.11 Å². The van der Waals surface area contributed by atoms with Crippen LogP contribution in [0.25, 0.3) is 0 Å². The van der Waals surface area contributed by atoms with E-state index in [0.717, 1.165) is 37.4 Å². The van der Waals surface area contributed by atoms with Gasteiger partial charge in [-0.05, 0) is 81.1 Å². The number of rotatable bonds is 5. The van der Waals surface area contributed by atoms with Crippen LogP contribution in [0.4, 0.5) is 15.9 Å². The molecule has 4 rings (SSSR count). The lowest BCUT2D eigenvalue weighted by atomic mass is 9.79. The molecular weight excluding hydrogens is 395 g/mol. The quantitative estimate of drug-likeness (QED) is 0.627. The highest BCUT2D eigenvalue weighted by molar-refractivity contribution is 7.80. The maximum absolute atomic E-state index is 13.4. The Bertz CT molecular complexity index is 847. The van der Waals surface area contributed by atoms with E-state index in [9.17, 15) is 4.39 Å². The molecule has 1 saturated carbocycles. The molecule has 0 bridgehead atoms. The highest BCUT2D eigenvalue weighted by Crippen LogP contribution is 2.40. The van der Waals surface area contributed by atoms with Crippen LogP contribution < -0.4 is 15.5 Å². The van der Waals surface area contributed by atoms with Crippen molar-refractivity contribution in [1.29, 1.82) is 0 Å². The zero-order chi connectivity index (χ0) is 21.0. The minimum absolute atomic E-state index is 0.0198. The van der Waals surface area contributed by atoms with E-state index in [1.807, 2.05) is 24.4 Å². The third-order valence-electron chi connectivity index (χ3n) is 6.71. The fourth-order valence-electron chi connectivity index (χ4n) is 4.92. The first-order valence-corrected chi connectivity index (χ1v) is 11.5. The predicted molar refractivity (Wildman–Crippen MR) is 126 cm³/mol. The van der Waals surface area contributed by atoms with Gasteiger partial charge in [0.05, 0.1) is 11.9 Å². The van der Waals surface area contributed by atoms with Crippen LogP contribution in [0.15, 0.2) is 42.6 Å². The molecule has 1 atom stereocenters. The summed E-state index contributed by atoms with van der Waals surface area (Å²) in [4.78, 5) is 7.04. The standard InChI is InChI=1S/C24H31FN4S/c1-18-6-2-5-15-29(18)22-12-11-21(16-26-22)28-23(30)27-17-24(13-3-4-14-24)19-7-9-20(25)10-8-19/h7-12,16,18H,2-6,13-15,17H2,1H3,(H2,27,28,30)/t18-/m0/s1. The zero-order valence-corrected chi connectivity index (χ0v) is 18.5. The van der Waals surface area contributed by atoms with Crippen molar-refractivity contribution < 1.29 is 4.39 Å². The first-order chi connectivity index (χ1) is 14.6. The van der Waals surface area contributed by atoms with Gasteiger partial charge in [-0.3, -0.25) is 0 Å². The number of halogens is 1. The van der Waals surface area contributed by atoms with Gasteiger partial charge < -0.3 is 15.5 Å². The van der Waals surface area contributed by atoms with Crippen LogP contribution in [-0.4, -0.2) is 29.2 Å². The number of aromatic nitrogens is 1. The molecule has 1 aliphatic carbocycles. The van der Waals surface area contributed by atoms with Crippen LogP contribution in [0.1, 0.15) is 57.4 Å². The normalized spacial score (nSPS) is 20.7. The highest BCUT2D eigenvalue weighted by Gasteiger charge is 2.35. The van der Waals surface area contributed by atoms with Gasteiger partial charge in [0.25, 0.3) is 0 Å². The third-order valence-corrected chi connectivity index (χ3v) is 6.95. The number of hydrogen-bond acceptors (Lipinski definition) is 3. The fraction of sp³-hybridized carbons (Fsp3) is 0.500. The van der Waals surface area contributed by atoms with Crippen molar-refractivity contribution in [2.45, 2.75) is 63.3 Å². The number of nitrogens with one attached hydrogen (secondary N) is 2. The van der Waals surface area contributed by atoms with Gasteiger partial charge in [-0.2, -0.15) is 0 Å². The average molecular weight is 427 g/mol. The topological polar surface area (TPSA) is 40.2 Å². The van der Waals surface area contributed by atoms with Gasteiger partial charge >= 0.3 is 0 Å². The molecule has 1 saturated heterocycles. The van der Waals surface area contributed by atoms with Gasteiger partial charge in [-0.1, -0.05) is 25.0 Å². The summed E-state index contributed by atoms with van der Waals surface area (Å²) in [6.07, 6.45) is 10.2. The van der Waals surface area contributed by atoms with Crippen molar-refractivity contribution in [2.24, 2.45) is 0 Å². The SMILES string of the molecule is C[C@H]1CCCCN1c1ccc(NC(=S)NCC2(c3ccc(F)cc3)CCCC2)cn1. The number of anilines is 2. The van der Waals surface area contributed by atoms with Crippen molar-refractivity contribution >= 4 is 28.8 Å². The van der Waals surface area contributed by atoms with Crippen LogP contribution in [-0.2, 0) is 5.41 Å². The van der Waals surface area contributed by atoms with Gasteiger partial charge in [-0.15, -0.1) is 0 Å². The van der Waals surface area contributed by atoms with Gasteiger partial charge in [0.1, 0.15) is 11.6 Å². The van der Waals surface area contributed by atoms with Crippen LogP contribution >= 0.6 is 12.2 Å². The average Bonchev–Trinajstić information content (AvgIpc) is 3.24. The largest absolute Gasteiger partial charge is 0.362 e. The van der Waals surface area contributed by atoms with E-state index >= 15 is 0 Å². The summed E-state index contributed by atoms with van der Waals surface area (Å²) < 4.78 is 13.4. The van der Waals surface area contributed by atoms with Gasteiger partial charge in [0.2, 0.25) is 0 Å². The smallest absolute Gasteiger partial charge is 0.170 e. The molecule has 4 nitrogen and oxygen atoms in total. The molecule has 0 radical (unpaired) electrons. The molecule has 0 unspecified atom stereocenters. The molecule has 6 heteroatoms. The minimum Gasteiger partial charge on any atom is -0.362 e. The number of piperidine rings is 1. The second kappa shape index (κ2) is 9.29. The van der Waals surface area contributed by atoms with Gasteiger partial charge in [0, 0.05) is 24.5 Å². The Labute approximate surface area is 184 Å². The molecule has 0 spiro atoms. The monoisotopic (exact) mass is 426 g/mol. The molecule has 1 aliphatic heterocycles. The van der Waals surface area contributed by atoms with E-state index < -0.39 is 0 Å². The Kier molecular flexibility index (Phi) is 6.52. The Morgan fingerprint density at radius 2 is 1.90 bits per heavy atom. The fourth-order valence-corrected chi connectivity index (χ4v) is 5.11. The molecule has 2 aliphatic rings. The van der Waals surface area contributed by atoms with Crippen molar-refractivity contribution in [1.82, 2.24) is 10.3 Å². The summed E-state index contributed by atoms with van der Waals surface area (Å²) in [7, 11) is 0.